The number of benzene rings is 3. The molecule has 8 heteroatoms. The molecule has 6 rings (SSSR count). The summed E-state index contributed by atoms with van der Waals surface area (Å²) >= 11 is 0. The maximum atomic E-state index is 13.4. The molecule has 0 saturated heterocycles. The molecule has 0 bridgehead atoms. The molecule has 2 aliphatic rings. The van der Waals surface area contributed by atoms with E-state index in [0.717, 1.165) is 46.5 Å². The average molecular weight is 509 g/mol. The predicted octanol–water partition coefficient (Wildman–Crippen LogP) is 4.76. The van der Waals surface area contributed by atoms with Crippen molar-refractivity contribution in [2.45, 2.75) is 31.6 Å². The van der Waals surface area contributed by atoms with Gasteiger partial charge in [0.2, 0.25) is 12.7 Å². The number of imidazole rings is 1. The van der Waals surface area contributed by atoms with E-state index in [4.69, 9.17) is 9.47 Å². The molecule has 8 nitrogen and oxygen atoms in total. The van der Waals surface area contributed by atoms with Gasteiger partial charge in [-0.2, -0.15) is 0 Å². The highest BCUT2D eigenvalue weighted by atomic mass is 16.7. The Morgan fingerprint density at radius 1 is 1.00 bits per heavy atom. The number of ether oxygens (including phenoxy) is 2. The van der Waals surface area contributed by atoms with Crippen molar-refractivity contribution in [3.63, 3.8) is 0 Å². The Balaban J connectivity index is 1.14. The Kier molecular flexibility index (Phi) is 6.07. The molecule has 0 radical (unpaired) electrons. The van der Waals surface area contributed by atoms with E-state index < -0.39 is 5.41 Å². The predicted molar refractivity (Wildman–Crippen MR) is 143 cm³/mol. The summed E-state index contributed by atoms with van der Waals surface area (Å²) in [6.45, 7) is 2.77. The fraction of sp³-hybridized carbons (Fsp3) is 0.233. The molecule has 192 valence electrons. The van der Waals surface area contributed by atoms with Crippen molar-refractivity contribution < 1.29 is 19.1 Å². The standard InChI is InChI=1S/C30H28N4O4/c1-19-2-8-23(34-29(36)30(11-12-30)22-7-9-26-27(14-22)38-18-37-26)15-25(19)20-3-5-21(6-4-20)28(35)32-13-10-24-16-31-17-33-24/h2-9,14-17H,10-13,18H2,1H3,(H,31,33)(H,32,35)(H,34,36). The van der Waals surface area contributed by atoms with E-state index in [1.54, 1.807) is 12.5 Å². The van der Waals surface area contributed by atoms with Crippen molar-refractivity contribution in [3.05, 3.63) is 95.6 Å². The largest absolute Gasteiger partial charge is 0.454 e. The smallest absolute Gasteiger partial charge is 0.251 e. The van der Waals surface area contributed by atoms with Crippen LogP contribution in [0.1, 0.15) is 40.0 Å². The molecule has 1 fully saturated rings. The first kappa shape index (κ1) is 23.8. The van der Waals surface area contributed by atoms with Crippen LogP contribution in [0.3, 0.4) is 0 Å². The van der Waals surface area contributed by atoms with E-state index in [1.807, 2.05) is 67.6 Å². The summed E-state index contributed by atoms with van der Waals surface area (Å²) in [6.07, 6.45) is 5.66. The van der Waals surface area contributed by atoms with Crippen molar-refractivity contribution in [1.82, 2.24) is 15.3 Å². The molecule has 2 amide bonds. The average Bonchev–Trinajstić information content (AvgIpc) is 3.33. The Morgan fingerprint density at radius 3 is 2.58 bits per heavy atom. The van der Waals surface area contributed by atoms with E-state index >= 15 is 0 Å². The first-order chi connectivity index (χ1) is 18.5. The van der Waals surface area contributed by atoms with Gasteiger partial charge in [0.05, 0.1) is 11.7 Å². The molecule has 3 N–H and O–H groups in total. The SMILES string of the molecule is Cc1ccc(NC(=O)C2(c3ccc4c(c3)OCO4)CC2)cc1-c1ccc(C(=O)NCCc2cnc[nH]2)cc1. The zero-order chi connectivity index (χ0) is 26.1. The number of nitrogens with zero attached hydrogens (tertiary/aromatic N) is 1. The molecule has 38 heavy (non-hydrogen) atoms. The van der Waals surface area contributed by atoms with Crippen LogP contribution in [0.5, 0.6) is 11.5 Å². The Hall–Kier alpha value is -4.59. The highest BCUT2D eigenvalue weighted by Gasteiger charge is 2.51. The van der Waals surface area contributed by atoms with E-state index in [0.29, 0.717) is 30.0 Å². The molecule has 0 spiro atoms. The van der Waals surface area contributed by atoms with E-state index in [2.05, 4.69) is 20.6 Å². The Labute approximate surface area is 220 Å². The second kappa shape index (κ2) is 9.70. The molecule has 0 unspecified atom stereocenters. The van der Waals surface area contributed by atoms with Gasteiger partial charge in [0.25, 0.3) is 5.91 Å². The van der Waals surface area contributed by atoms with Crippen LogP contribution in [0.4, 0.5) is 5.69 Å². The minimum atomic E-state index is -0.543. The zero-order valence-corrected chi connectivity index (χ0v) is 21.0. The van der Waals surface area contributed by atoms with Crippen LogP contribution >= 0.6 is 0 Å². The highest BCUT2D eigenvalue weighted by molar-refractivity contribution is 6.02. The number of nitrogens with one attached hydrogen (secondary N) is 3. The van der Waals surface area contributed by atoms with Crippen molar-refractivity contribution in [2.24, 2.45) is 0 Å². The maximum absolute atomic E-state index is 13.4. The lowest BCUT2D eigenvalue weighted by Gasteiger charge is -2.17. The van der Waals surface area contributed by atoms with Gasteiger partial charge in [0.1, 0.15) is 0 Å². The van der Waals surface area contributed by atoms with Crippen LogP contribution in [0, 0.1) is 6.92 Å². The van der Waals surface area contributed by atoms with Crippen molar-refractivity contribution in [2.75, 3.05) is 18.7 Å². The molecular formula is C30H28N4O4. The van der Waals surface area contributed by atoms with Gasteiger partial charge in [0.15, 0.2) is 11.5 Å². The first-order valence-corrected chi connectivity index (χ1v) is 12.7. The first-order valence-electron chi connectivity index (χ1n) is 12.7. The van der Waals surface area contributed by atoms with E-state index in [9.17, 15) is 9.59 Å². The van der Waals surface area contributed by atoms with Crippen molar-refractivity contribution in [1.29, 1.82) is 0 Å². The summed E-state index contributed by atoms with van der Waals surface area (Å²) in [5.74, 6) is 1.26. The topological polar surface area (TPSA) is 105 Å². The molecular weight excluding hydrogens is 480 g/mol. The summed E-state index contributed by atoms with van der Waals surface area (Å²) in [5, 5.41) is 6.07. The number of carbonyl (C=O) groups excluding carboxylic acids is 2. The molecule has 1 aliphatic heterocycles. The van der Waals surface area contributed by atoms with Crippen LogP contribution in [-0.4, -0.2) is 35.1 Å². The van der Waals surface area contributed by atoms with Gasteiger partial charge in [-0.05, 0) is 78.4 Å². The molecule has 4 aromatic rings. The number of carbonyl (C=O) groups is 2. The maximum Gasteiger partial charge on any atom is 0.251 e. The highest BCUT2D eigenvalue weighted by Crippen LogP contribution is 2.51. The summed E-state index contributed by atoms with van der Waals surface area (Å²) < 4.78 is 10.9. The van der Waals surface area contributed by atoms with E-state index in [1.165, 1.54) is 0 Å². The van der Waals surface area contributed by atoms with Crippen LogP contribution in [0.15, 0.2) is 73.2 Å². The normalized spacial score (nSPS) is 14.7. The number of hydrogen-bond acceptors (Lipinski definition) is 5. The van der Waals surface area contributed by atoms with Crippen molar-refractivity contribution in [3.8, 4) is 22.6 Å². The van der Waals surface area contributed by atoms with E-state index in [-0.39, 0.29) is 18.6 Å². The number of amides is 2. The number of aryl methyl sites for hydroxylation is 1. The number of aromatic amines is 1. The van der Waals surface area contributed by atoms with Gasteiger partial charge in [-0.3, -0.25) is 9.59 Å². The fourth-order valence-corrected chi connectivity index (χ4v) is 4.86. The lowest BCUT2D eigenvalue weighted by Crippen LogP contribution is -2.27. The number of fused-ring (bicyclic) bond motifs is 1. The second-order valence-electron chi connectivity index (χ2n) is 9.79. The van der Waals surface area contributed by atoms with Crippen molar-refractivity contribution >= 4 is 17.5 Å². The summed E-state index contributed by atoms with van der Waals surface area (Å²) in [7, 11) is 0. The van der Waals surface area contributed by atoms with Gasteiger partial charge < -0.3 is 25.1 Å². The van der Waals surface area contributed by atoms with Crippen LogP contribution in [-0.2, 0) is 16.6 Å². The Morgan fingerprint density at radius 2 is 1.82 bits per heavy atom. The Bertz CT molecular complexity index is 1490. The molecule has 3 aromatic carbocycles. The molecule has 0 atom stereocenters. The number of H-pyrrole nitrogens is 1. The quantitative estimate of drug-likeness (QED) is 0.318. The minimum absolute atomic E-state index is 0.0201. The number of aromatic nitrogens is 2. The van der Waals surface area contributed by atoms with Gasteiger partial charge in [0, 0.05) is 36.1 Å². The summed E-state index contributed by atoms with van der Waals surface area (Å²) in [6, 6.07) is 19.2. The fourth-order valence-electron chi connectivity index (χ4n) is 4.86. The van der Waals surface area contributed by atoms with Gasteiger partial charge in [-0.1, -0.05) is 24.3 Å². The van der Waals surface area contributed by atoms with Crippen LogP contribution in [0.2, 0.25) is 0 Å². The van der Waals surface area contributed by atoms with Gasteiger partial charge in [-0.25, -0.2) is 4.98 Å². The zero-order valence-electron chi connectivity index (χ0n) is 21.0. The van der Waals surface area contributed by atoms with Gasteiger partial charge >= 0.3 is 0 Å². The van der Waals surface area contributed by atoms with Crippen LogP contribution in [0.25, 0.3) is 11.1 Å². The molecule has 1 saturated carbocycles. The molecule has 1 aliphatic carbocycles. The lowest BCUT2D eigenvalue weighted by atomic mass is 9.94. The number of rotatable bonds is 8. The third-order valence-electron chi connectivity index (χ3n) is 7.30. The summed E-state index contributed by atoms with van der Waals surface area (Å²) in [4.78, 5) is 32.9. The third-order valence-corrected chi connectivity index (χ3v) is 7.30. The third kappa shape index (κ3) is 4.61. The monoisotopic (exact) mass is 508 g/mol. The molecule has 2 heterocycles. The van der Waals surface area contributed by atoms with Gasteiger partial charge in [-0.15, -0.1) is 0 Å². The minimum Gasteiger partial charge on any atom is -0.454 e. The number of anilines is 1. The lowest BCUT2D eigenvalue weighted by molar-refractivity contribution is -0.118. The summed E-state index contributed by atoms with van der Waals surface area (Å²) in [5.41, 5.74) is 5.78. The molecule has 1 aromatic heterocycles. The van der Waals surface area contributed by atoms with Crippen LogP contribution < -0.4 is 20.1 Å². The second-order valence-corrected chi connectivity index (χ2v) is 9.79. The number of hydrogen-bond donors (Lipinski definition) is 3.